The number of carboxylic acid groups (broad SMARTS) is 1. The molecular formula is C24H23FNa2O5S. The zero-order valence-corrected chi connectivity index (χ0v) is 23.9. The second-order valence-electron chi connectivity index (χ2n) is 7.10. The molecule has 0 aliphatic carbocycles. The fraction of sp³-hybridized carbons (Fsp3) is 0.208. The van der Waals surface area contributed by atoms with Crippen LogP contribution in [0.3, 0.4) is 0 Å². The van der Waals surface area contributed by atoms with Gasteiger partial charge in [0.2, 0.25) is 0 Å². The maximum Gasteiger partial charge on any atom is 0.328 e. The molecule has 2 aromatic carbocycles. The standard InChI is InChI=1S/C24H23FO5S.2Na/c1-3-24(29,4-2)16-9-17(25)11-19(10-16)31-18-5-6-20(22(26)12-18)21(13-23(27)28)15-7-8-30-14-15;;/h5-14,26,29H,3-4H2,1-2H3,(H,27,28);;. The molecule has 9 heteroatoms. The zero-order valence-electron chi connectivity index (χ0n) is 19.1. The Morgan fingerprint density at radius 3 is 2.33 bits per heavy atom. The first-order valence-corrected chi connectivity index (χ1v) is 10.6. The van der Waals surface area contributed by atoms with Crippen molar-refractivity contribution in [3.63, 3.8) is 0 Å². The zero-order chi connectivity index (χ0) is 22.6. The first kappa shape index (κ1) is 30.0. The summed E-state index contributed by atoms with van der Waals surface area (Å²) in [6.45, 7) is 3.69. The number of hydrogen-bond acceptors (Lipinski definition) is 5. The molecule has 0 bridgehead atoms. The van der Waals surface area contributed by atoms with Gasteiger partial charge in [-0.1, -0.05) is 25.6 Å². The molecule has 0 unspecified atom stereocenters. The van der Waals surface area contributed by atoms with Gasteiger partial charge in [-0.15, -0.1) is 0 Å². The molecule has 1 aromatic heterocycles. The first-order valence-electron chi connectivity index (χ1n) is 9.77. The predicted molar refractivity (Wildman–Crippen MR) is 128 cm³/mol. The summed E-state index contributed by atoms with van der Waals surface area (Å²) in [5, 5.41) is 30.5. The molecule has 0 saturated heterocycles. The number of aliphatic carboxylic acids is 1. The molecule has 0 aliphatic rings. The Morgan fingerprint density at radius 2 is 1.79 bits per heavy atom. The molecule has 0 spiro atoms. The van der Waals surface area contributed by atoms with E-state index < -0.39 is 17.4 Å². The van der Waals surface area contributed by atoms with Crippen LogP contribution in [0.2, 0.25) is 0 Å². The van der Waals surface area contributed by atoms with Crippen LogP contribution in [0.25, 0.3) is 5.57 Å². The molecule has 1 heterocycles. The van der Waals surface area contributed by atoms with Gasteiger partial charge >= 0.3 is 5.97 Å². The molecule has 0 amide bonds. The molecule has 0 aliphatic heterocycles. The fourth-order valence-corrected chi connectivity index (χ4v) is 4.28. The van der Waals surface area contributed by atoms with Crippen molar-refractivity contribution >= 4 is 82.4 Å². The number of hydrogen-bond donors (Lipinski definition) is 3. The Bertz CT molecular complexity index is 1110. The van der Waals surface area contributed by atoms with Crippen LogP contribution in [0.15, 0.2) is 75.3 Å². The minimum atomic E-state index is -1.15. The Labute approximate surface area is 240 Å². The van der Waals surface area contributed by atoms with Crippen molar-refractivity contribution in [2.75, 3.05) is 0 Å². The van der Waals surface area contributed by atoms with Crippen molar-refractivity contribution in [3.05, 3.63) is 83.6 Å². The van der Waals surface area contributed by atoms with Crippen LogP contribution in [-0.2, 0) is 10.4 Å². The number of furan rings is 1. The molecular weight excluding hydrogens is 465 g/mol. The molecule has 2 radical (unpaired) electrons. The number of carboxylic acids is 1. The van der Waals surface area contributed by atoms with Crippen LogP contribution >= 0.6 is 11.8 Å². The Morgan fingerprint density at radius 1 is 1.09 bits per heavy atom. The number of phenols is 1. The normalized spacial score (nSPS) is 11.5. The van der Waals surface area contributed by atoms with Gasteiger partial charge in [-0.2, -0.15) is 0 Å². The molecule has 3 N–H and O–H groups in total. The van der Waals surface area contributed by atoms with Gasteiger partial charge in [-0.05, 0) is 60.9 Å². The monoisotopic (exact) mass is 488 g/mol. The molecule has 5 nitrogen and oxygen atoms in total. The minimum Gasteiger partial charge on any atom is -0.507 e. The second-order valence-corrected chi connectivity index (χ2v) is 8.25. The van der Waals surface area contributed by atoms with Crippen molar-refractivity contribution in [1.82, 2.24) is 0 Å². The van der Waals surface area contributed by atoms with Gasteiger partial charge in [0.05, 0.1) is 18.1 Å². The van der Waals surface area contributed by atoms with E-state index in [4.69, 9.17) is 4.42 Å². The Hall–Kier alpha value is -1.03. The summed E-state index contributed by atoms with van der Waals surface area (Å²) >= 11 is 1.23. The fourth-order valence-electron chi connectivity index (χ4n) is 3.35. The molecule has 3 rings (SSSR count). The van der Waals surface area contributed by atoms with E-state index in [1.165, 1.54) is 42.5 Å². The van der Waals surface area contributed by atoms with Gasteiger partial charge in [0, 0.05) is 91.7 Å². The van der Waals surface area contributed by atoms with E-state index in [0.29, 0.717) is 44.9 Å². The summed E-state index contributed by atoms with van der Waals surface area (Å²) in [6.07, 6.45) is 4.73. The third kappa shape index (κ3) is 7.47. The van der Waals surface area contributed by atoms with E-state index in [2.05, 4.69) is 0 Å². The SMILES string of the molecule is CCC(O)(CC)c1cc(F)cc(Sc2ccc(C(=CC(=O)O)c3ccoc3)c(O)c2)c1.[Na].[Na]. The summed E-state index contributed by atoms with van der Waals surface area (Å²) in [4.78, 5) is 12.5. The number of benzene rings is 2. The van der Waals surface area contributed by atoms with Gasteiger partial charge in [-0.25, -0.2) is 9.18 Å². The number of carbonyl (C=O) groups is 1. The third-order valence-electron chi connectivity index (χ3n) is 5.17. The third-order valence-corrected chi connectivity index (χ3v) is 6.13. The number of phenolic OH excluding ortho intramolecular Hbond substituents is 1. The smallest absolute Gasteiger partial charge is 0.328 e. The van der Waals surface area contributed by atoms with Gasteiger partial charge in [0.25, 0.3) is 0 Å². The maximum absolute atomic E-state index is 14.2. The van der Waals surface area contributed by atoms with Gasteiger partial charge in [0.15, 0.2) is 0 Å². The Kier molecular flexibility index (Phi) is 12.0. The molecule has 0 saturated carbocycles. The number of aliphatic hydroxyl groups is 1. The van der Waals surface area contributed by atoms with Crippen LogP contribution in [0.1, 0.15) is 43.4 Å². The molecule has 33 heavy (non-hydrogen) atoms. The quantitative estimate of drug-likeness (QED) is 0.304. The summed E-state index contributed by atoms with van der Waals surface area (Å²) in [5.74, 6) is -1.72. The van der Waals surface area contributed by atoms with E-state index >= 15 is 0 Å². The number of aromatic hydroxyl groups is 1. The van der Waals surface area contributed by atoms with Gasteiger partial charge < -0.3 is 19.7 Å². The average molecular weight is 488 g/mol. The largest absolute Gasteiger partial charge is 0.507 e. The average Bonchev–Trinajstić information content (AvgIpc) is 3.26. The van der Waals surface area contributed by atoms with E-state index in [1.54, 1.807) is 24.3 Å². The molecule has 3 aromatic rings. The first-order chi connectivity index (χ1) is 14.8. The van der Waals surface area contributed by atoms with E-state index in [9.17, 15) is 24.5 Å². The van der Waals surface area contributed by atoms with E-state index in [0.717, 1.165) is 6.08 Å². The predicted octanol–water partition coefficient (Wildman–Crippen LogP) is 5.04. The van der Waals surface area contributed by atoms with Crippen LogP contribution in [-0.4, -0.2) is 80.4 Å². The van der Waals surface area contributed by atoms with E-state index in [1.807, 2.05) is 13.8 Å². The molecule has 0 fully saturated rings. The summed E-state index contributed by atoms with van der Waals surface area (Å²) < 4.78 is 19.2. The van der Waals surface area contributed by atoms with Crippen molar-refractivity contribution < 1.29 is 28.9 Å². The van der Waals surface area contributed by atoms with Crippen molar-refractivity contribution in [1.29, 1.82) is 0 Å². The van der Waals surface area contributed by atoms with Crippen LogP contribution < -0.4 is 0 Å². The number of halogens is 1. The molecule has 0 atom stereocenters. The van der Waals surface area contributed by atoms with Crippen LogP contribution in [0, 0.1) is 5.82 Å². The van der Waals surface area contributed by atoms with Gasteiger partial charge in [-0.3, -0.25) is 0 Å². The van der Waals surface area contributed by atoms with E-state index in [-0.39, 0.29) is 64.9 Å². The minimum absolute atomic E-state index is 0. The van der Waals surface area contributed by atoms with Crippen molar-refractivity contribution in [2.45, 2.75) is 42.1 Å². The summed E-state index contributed by atoms with van der Waals surface area (Å²) in [5.41, 5.74) is 0.558. The Balaban J connectivity index is 0.00000272. The number of rotatable bonds is 8. The maximum atomic E-state index is 14.2. The van der Waals surface area contributed by atoms with Crippen LogP contribution in [0.5, 0.6) is 5.75 Å². The summed E-state index contributed by atoms with van der Waals surface area (Å²) in [6, 6.07) is 10.9. The van der Waals surface area contributed by atoms with Crippen LogP contribution in [0.4, 0.5) is 4.39 Å². The summed E-state index contributed by atoms with van der Waals surface area (Å²) in [7, 11) is 0. The van der Waals surface area contributed by atoms with Gasteiger partial charge in [0.1, 0.15) is 11.6 Å². The van der Waals surface area contributed by atoms with Crippen molar-refractivity contribution in [3.8, 4) is 5.75 Å². The van der Waals surface area contributed by atoms with Crippen molar-refractivity contribution in [2.24, 2.45) is 0 Å². The molecule has 164 valence electrons. The topological polar surface area (TPSA) is 90.9 Å². The second kappa shape index (κ2) is 13.2.